The third-order valence-corrected chi connectivity index (χ3v) is 4.56. The van der Waals surface area contributed by atoms with Gasteiger partial charge in [-0.25, -0.2) is 0 Å². The molecule has 1 N–H and O–H groups in total. The van der Waals surface area contributed by atoms with Crippen LogP contribution in [0.2, 0.25) is 0 Å². The average molecular weight is 301 g/mol. The third kappa shape index (κ3) is 4.00. The Kier molecular flexibility index (Phi) is 4.61. The molecular formula is C9H11N5OS3. The third-order valence-electron chi connectivity index (χ3n) is 1.83. The summed E-state index contributed by atoms with van der Waals surface area (Å²) in [5.41, 5.74) is 0. The lowest BCUT2D eigenvalue weighted by Gasteiger charge is -1.99. The molecule has 2 rings (SSSR count). The molecule has 2 aromatic heterocycles. The minimum atomic E-state index is -0.0557. The molecule has 0 saturated heterocycles. The fourth-order valence-electron chi connectivity index (χ4n) is 1.10. The number of anilines is 1. The molecule has 0 aliphatic carbocycles. The van der Waals surface area contributed by atoms with Gasteiger partial charge in [0.05, 0.1) is 0 Å². The normalized spacial score (nSPS) is 10.6. The number of carbonyl (C=O) groups excluding carboxylic acids is 1. The SMILES string of the molecule is Cc1nnc(NC(=O)CCSc2nnc(C)s2)s1. The van der Waals surface area contributed by atoms with E-state index in [9.17, 15) is 4.79 Å². The van der Waals surface area contributed by atoms with E-state index in [0.717, 1.165) is 14.4 Å². The molecule has 0 saturated carbocycles. The zero-order valence-electron chi connectivity index (χ0n) is 9.84. The lowest BCUT2D eigenvalue weighted by atomic mass is 10.5. The van der Waals surface area contributed by atoms with Crippen LogP contribution in [0.1, 0.15) is 16.4 Å². The van der Waals surface area contributed by atoms with Crippen molar-refractivity contribution >= 4 is 45.5 Å². The molecule has 1 amide bonds. The summed E-state index contributed by atoms with van der Waals surface area (Å²) in [5.74, 6) is 0.623. The van der Waals surface area contributed by atoms with Crippen LogP contribution in [0, 0.1) is 13.8 Å². The standard InChI is InChI=1S/C9H11N5OS3/c1-5-11-13-8(17-5)10-7(15)3-4-16-9-14-12-6(2)18-9/h3-4H2,1-2H3,(H,10,13,15). The Bertz CT molecular complexity index is 538. The topological polar surface area (TPSA) is 80.7 Å². The highest BCUT2D eigenvalue weighted by Crippen LogP contribution is 2.22. The number of hydrogen-bond donors (Lipinski definition) is 1. The van der Waals surface area contributed by atoms with Gasteiger partial charge in [0.1, 0.15) is 10.0 Å². The summed E-state index contributed by atoms with van der Waals surface area (Å²) >= 11 is 4.44. The number of amides is 1. The number of nitrogens with zero attached hydrogens (tertiary/aromatic N) is 4. The zero-order valence-corrected chi connectivity index (χ0v) is 12.3. The first-order chi connectivity index (χ1) is 8.63. The summed E-state index contributed by atoms with van der Waals surface area (Å²) in [4.78, 5) is 11.6. The van der Waals surface area contributed by atoms with Gasteiger partial charge >= 0.3 is 0 Å². The van der Waals surface area contributed by atoms with E-state index in [-0.39, 0.29) is 5.91 Å². The van der Waals surface area contributed by atoms with Crippen molar-refractivity contribution < 1.29 is 4.79 Å². The molecule has 18 heavy (non-hydrogen) atoms. The van der Waals surface area contributed by atoms with Crippen molar-refractivity contribution in [3.8, 4) is 0 Å². The number of aromatic nitrogens is 4. The Balaban J connectivity index is 1.72. The molecular weight excluding hydrogens is 290 g/mol. The van der Waals surface area contributed by atoms with Crippen molar-refractivity contribution in [2.75, 3.05) is 11.1 Å². The average Bonchev–Trinajstić information content (AvgIpc) is 2.88. The van der Waals surface area contributed by atoms with Crippen LogP contribution in [-0.4, -0.2) is 32.1 Å². The summed E-state index contributed by atoms with van der Waals surface area (Å²) in [6.45, 7) is 3.76. The fourth-order valence-corrected chi connectivity index (χ4v) is 3.53. The number of nitrogens with one attached hydrogen (secondary N) is 1. The summed E-state index contributed by atoms with van der Waals surface area (Å²) in [7, 11) is 0. The molecule has 96 valence electrons. The molecule has 0 bridgehead atoms. The molecule has 0 fully saturated rings. The van der Waals surface area contributed by atoms with Crippen LogP contribution in [0.5, 0.6) is 0 Å². The summed E-state index contributed by atoms with van der Waals surface area (Å²) in [6, 6.07) is 0. The minimum Gasteiger partial charge on any atom is -0.301 e. The number of aryl methyl sites for hydroxylation is 2. The Labute approximate surface area is 116 Å². The van der Waals surface area contributed by atoms with Gasteiger partial charge in [-0.3, -0.25) is 4.79 Å². The van der Waals surface area contributed by atoms with Crippen LogP contribution in [0.3, 0.4) is 0 Å². The highest BCUT2D eigenvalue weighted by atomic mass is 32.2. The van der Waals surface area contributed by atoms with Gasteiger partial charge in [0.15, 0.2) is 4.34 Å². The van der Waals surface area contributed by atoms with E-state index < -0.39 is 0 Å². The summed E-state index contributed by atoms with van der Waals surface area (Å²) in [5, 5.41) is 20.6. The monoisotopic (exact) mass is 301 g/mol. The van der Waals surface area contributed by atoms with Crippen molar-refractivity contribution in [3.05, 3.63) is 10.0 Å². The van der Waals surface area contributed by atoms with Gasteiger partial charge < -0.3 is 5.32 Å². The second-order valence-electron chi connectivity index (χ2n) is 3.36. The van der Waals surface area contributed by atoms with E-state index in [1.807, 2.05) is 13.8 Å². The first-order valence-electron chi connectivity index (χ1n) is 5.16. The molecule has 0 atom stereocenters. The van der Waals surface area contributed by atoms with Crippen molar-refractivity contribution in [2.45, 2.75) is 24.6 Å². The minimum absolute atomic E-state index is 0.0557. The van der Waals surface area contributed by atoms with Gasteiger partial charge in [-0.15, -0.1) is 20.4 Å². The van der Waals surface area contributed by atoms with E-state index in [0.29, 0.717) is 17.3 Å². The maximum Gasteiger partial charge on any atom is 0.227 e. The predicted molar refractivity (Wildman–Crippen MR) is 73.3 cm³/mol. The Morgan fingerprint density at radius 3 is 2.50 bits per heavy atom. The Hall–Kier alpha value is -1.06. The van der Waals surface area contributed by atoms with Crippen LogP contribution in [0.15, 0.2) is 4.34 Å². The first-order valence-corrected chi connectivity index (χ1v) is 7.78. The number of thioether (sulfide) groups is 1. The van der Waals surface area contributed by atoms with Gasteiger partial charge in [-0.1, -0.05) is 34.4 Å². The highest BCUT2D eigenvalue weighted by molar-refractivity contribution is 8.01. The van der Waals surface area contributed by atoms with Gasteiger partial charge in [0.2, 0.25) is 11.0 Å². The second kappa shape index (κ2) is 6.21. The van der Waals surface area contributed by atoms with Gasteiger partial charge in [0, 0.05) is 12.2 Å². The maximum absolute atomic E-state index is 11.6. The van der Waals surface area contributed by atoms with Crippen LogP contribution >= 0.6 is 34.4 Å². The van der Waals surface area contributed by atoms with E-state index in [1.54, 1.807) is 0 Å². The van der Waals surface area contributed by atoms with E-state index in [1.165, 1.54) is 34.4 Å². The van der Waals surface area contributed by atoms with E-state index in [2.05, 4.69) is 25.7 Å². The quantitative estimate of drug-likeness (QED) is 0.852. The van der Waals surface area contributed by atoms with Crippen LogP contribution in [0.25, 0.3) is 0 Å². The van der Waals surface area contributed by atoms with Crippen molar-refractivity contribution in [1.82, 2.24) is 20.4 Å². The molecule has 0 radical (unpaired) electrons. The maximum atomic E-state index is 11.6. The predicted octanol–water partition coefficient (Wildman–Crippen LogP) is 2.13. The van der Waals surface area contributed by atoms with Crippen LogP contribution in [0.4, 0.5) is 5.13 Å². The molecule has 0 unspecified atom stereocenters. The van der Waals surface area contributed by atoms with Crippen LogP contribution < -0.4 is 5.32 Å². The molecule has 0 aliphatic rings. The summed E-state index contributed by atoms with van der Waals surface area (Å²) < 4.78 is 0.895. The van der Waals surface area contributed by atoms with Crippen LogP contribution in [-0.2, 0) is 4.79 Å². The Morgan fingerprint density at radius 1 is 1.17 bits per heavy atom. The second-order valence-corrected chi connectivity index (χ2v) is 7.07. The fraction of sp³-hybridized carbons (Fsp3) is 0.444. The van der Waals surface area contributed by atoms with E-state index in [4.69, 9.17) is 0 Å². The van der Waals surface area contributed by atoms with Crippen molar-refractivity contribution in [2.24, 2.45) is 0 Å². The largest absolute Gasteiger partial charge is 0.301 e. The first kappa shape index (κ1) is 13.4. The summed E-state index contributed by atoms with van der Waals surface area (Å²) in [6.07, 6.45) is 0.419. The molecule has 2 aromatic rings. The Morgan fingerprint density at radius 2 is 1.89 bits per heavy atom. The number of hydrogen-bond acceptors (Lipinski definition) is 8. The van der Waals surface area contributed by atoms with Crippen molar-refractivity contribution in [1.29, 1.82) is 0 Å². The molecule has 0 aromatic carbocycles. The molecule has 6 nitrogen and oxygen atoms in total. The van der Waals surface area contributed by atoms with E-state index >= 15 is 0 Å². The molecule has 0 aliphatic heterocycles. The smallest absolute Gasteiger partial charge is 0.227 e. The molecule has 9 heteroatoms. The number of rotatable bonds is 5. The van der Waals surface area contributed by atoms with Crippen molar-refractivity contribution in [3.63, 3.8) is 0 Å². The number of carbonyl (C=O) groups is 1. The van der Waals surface area contributed by atoms with Gasteiger partial charge in [-0.05, 0) is 13.8 Å². The van der Waals surface area contributed by atoms with Gasteiger partial charge in [-0.2, -0.15) is 0 Å². The molecule has 2 heterocycles. The lowest BCUT2D eigenvalue weighted by molar-refractivity contribution is -0.115. The molecule has 0 spiro atoms. The van der Waals surface area contributed by atoms with Gasteiger partial charge in [0.25, 0.3) is 0 Å². The highest BCUT2D eigenvalue weighted by Gasteiger charge is 2.07. The zero-order chi connectivity index (χ0) is 13.0. The lowest BCUT2D eigenvalue weighted by Crippen LogP contribution is -2.11.